The van der Waals surface area contributed by atoms with Crippen LogP contribution in [0.15, 0.2) is 54.6 Å². The van der Waals surface area contributed by atoms with Crippen molar-refractivity contribution in [1.82, 2.24) is 9.80 Å². The molecule has 0 N–H and O–H groups in total. The maximum absolute atomic E-state index is 13.2. The number of imide groups is 1. The summed E-state index contributed by atoms with van der Waals surface area (Å²) in [7, 11) is 0. The molecule has 0 bridgehead atoms. The van der Waals surface area contributed by atoms with E-state index in [-0.39, 0.29) is 23.5 Å². The van der Waals surface area contributed by atoms with Crippen LogP contribution in [0.5, 0.6) is 0 Å². The van der Waals surface area contributed by atoms with Crippen LogP contribution >= 0.6 is 0 Å². The number of likely N-dealkylation sites (tertiary alicyclic amines) is 1. The van der Waals surface area contributed by atoms with E-state index in [1.165, 1.54) is 6.92 Å². The van der Waals surface area contributed by atoms with Crippen LogP contribution in [0.4, 0.5) is 0 Å². The Kier molecular flexibility index (Phi) is 5.84. The van der Waals surface area contributed by atoms with Crippen molar-refractivity contribution in [3.63, 3.8) is 0 Å². The molecule has 4 rings (SSSR count). The molecule has 31 heavy (non-hydrogen) atoms. The van der Waals surface area contributed by atoms with Gasteiger partial charge >= 0.3 is 5.97 Å². The minimum absolute atomic E-state index is 0.107. The molecular weight excluding hydrogens is 396 g/mol. The lowest BCUT2D eigenvalue weighted by atomic mass is 10.0. The number of hydrogen-bond acceptors (Lipinski definition) is 5. The van der Waals surface area contributed by atoms with Crippen LogP contribution in [-0.4, -0.2) is 58.7 Å². The molecular formula is C24H24N2O5. The molecule has 2 aliphatic heterocycles. The molecule has 0 aromatic heterocycles. The highest BCUT2D eigenvalue weighted by atomic mass is 16.5. The molecule has 2 aromatic carbocycles. The second-order valence-corrected chi connectivity index (χ2v) is 7.84. The molecule has 160 valence electrons. The first-order valence-corrected chi connectivity index (χ1v) is 10.5. The van der Waals surface area contributed by atoms with Crippen LogP contribution in [0.3, 0.4) is 0 Å². The Morgan fingerprint density at radius 2 is 1.45 bits per heavy atom. The van der Waals surface area contributed by atoms with Crippen molar-refractivity contribution >= 4 is 23.7 Å². The first-order valence-electron chi connectivity index (χ1n) is 10.5. The Morgan fingerprint density at radius 1 is 0.903 bits per heavy atom. The summed E-state index contributed by atoms with van der Waals surface area (Å²) < 4.78 is 5.49. The third-order valence-electron chi connectivity index (χ3n) is 5.74. The molecule has 0 saturated carbocycles. The first-order chi connectivity index (χ1) is 15.0. The van der Waals surface area contributed by atoms with Gasteiger partial charge in [-0.2, -0.15) is 0 Å². The van der Waals surface area contributed by atoms with Gasteiger partial charge in [-0.1, -0.05) is 42.5 Å². The normalized spacial score (nSPS) is 17.5. The molecule has 0 aliphatic carbocycles. The van der Waals surface area contributed by atoms with E-state index in [4.69, 9.17) is 4.74 Å². The second-order valence-electron chi connectivity index (χ2n) is 7.84. The molecule has 3 amide bonds. The van der Waals surface area contributed by atoms with Gasteiger partial charge in [0.15, 0.2) is 6.10 Å². The number of rotatable bonds is 6. The van der Waals surface area contributed by atoms with Gasteiger partial charge in [-0.25, -0.2) is 4.79 Å². The van der Waals surface area contributed by atoms with Crippen LogP contribution in [0, 0.1) is 0 Å². The van der Waals surface area contributed by atoms with E-state index in [2.05, 4.69) is 0 Å². The average Bonchev–Trinajstić information content (AvgIpc) is 3.40. The predicted molar refractivity (Wildman–Crippen MR) is 112 cm³/mol. The summed E-state index contributed by atoms with van der Waals surface area (Å²) in [6.45, 7) is 2.82. The fraction of sp³-hybridized carbons (Fsp3) is 0.333. The van der Waals surface area contributed by atoms with Gasteiger partial charge in [-0.15, -0.1) is 0 Å². The molecule has 2 aromatic rings. The number of esters is 1. The molecule has 2 atom stereocenters. The molecule has 7 heteroatoms. The van der Waals surface area contributed by atoms with Crippen molar-refractivity contribution in [2.45, 2.75) is 38.3 Å². The number of carbonyl (C=O) groups is 4. The average molecular weight is 420 g/mol. The smallest absolute Gasteiger partial charge is 0.330 e. The van der Waals surface area contributed by atoms with Crippen molar-refractivity contribution in [1.29, 1.82) is 0 Å². The Bertz CT molecular complexity index is 979. The van der Waals surface area contributed by atoms with E-state index in [0.717, 1.165) is 23.3 Å². The Morgan fingerprint density at radius 3 is 2.03 bits per heavy atom. The number of carbonyl (C=O) groups excluding carboxylic acids is 4. The van der Waals surface area contributed by atoms with Crippen molar-refractivity contribution < 1.29 is 23.9 Å². The molecule has 0 radical (unpaired) electrons. The summed E-state index contributed by atoms with van der Waals surface area (Å²) in [5.74, 6) is -2.08. The maximum Gasteiger partial charge on any atom is 0.330 e. The fourth-order valence-electron chi connectivity index (χ4n) is 4.11. The minimum atomic E-state index is -1.16. The summed E-state index contributed by atoms with van der Waals surface area (Å²) >= 11 is 0. The quantitative estimate of drug-likeness (QED) is 0.530. The standard InChI is InChI=1S/C24H24N2O5/c1-16(21(27)25-13-7-8-14-25)31-24(30)20(15-17-9-3-2-4-10-17)26-22(28)18-11-5-6-12-19(18)23(26)29/h2-6,9-12,16,20H,7-8,13-15H2,1H3/t16-,20+/m1/s1. The van der Waals surface area contributed by atoms with Gasteiger partial charge in [-0.05, 0) is 37.5 Å². The molecule has 0 unspecified atom stereocenters. The number of nitrogens with zero attached hydrogens (tertiary/aromatic N) is 2. The number of fused-ring (bicyclic) bond motifs is 1. The van der Waals surface area contributed by atoms with E-state index >= 15 is 0 Å². The lowest BCUT2D eigenvalue weighted by Crippen LogP contribution is -2.49. The summed E-state index contributed by atoms with van der Waals surface area (Å²) in [6.07, 6.45) is 0.977. The lowest BCUT2D eigenvalue weighted by Gasteiger charge is -2.27. The van der Waals surface area contributed by atoms with Crippen LogP contribution in [0.25, 0.3) is 0 Å². The second kappa shape index (κ2) is 8.71. The summed E-state index contributed by atoms with van der Waals surface area (Å²) in [5, 5.41) is 0. The number of amides is 3. The Balaban J connectivity index is 1.59. The van der Waals surface area contributed by atoms with E-state index < -0.39 is 29.9 Å². The zero-order chi connectivity index (χ0) is 22.0. The molecule has 2 heterocycles. The summed E-state index contributed by atoms with van der Waals surface area (Å²) in [4.78, 5) is 54.4. The van der Waals surface area contributed by atoms with Crippen molar-refractivity contribution in [3.8, 4) is 0 Å². The van der Waals surface area contributed by atoms with E-state index in [1.54, 1.807) is 29.2 Å². The van der Waals surface area contributed by atoms with Crippen LogP contribution < -0.4 is 0 Å². The zero-order valence-electron chi connectivity index (χ0n) is 17.3. The highest BCUT2D eigenvalue weighted by Gasteiger charge is 2.44. The van der Waals surface area contributed by atoms with Crippen molar-refractivity contribution in [2.24, 2.45) is 0 Å². The van der Waals surface area contributed by atoms with Gasteiger partial charge in [0.2, 0.25) is 0 Å². The monoisotopic (exact) mass is 420 g/mol. The van der Waals surface area contributed by atoms with E-state index in [9.17, 15) is 19.2 Å². The third-order valence-corrected chi connectivity index (χ3v) is 5.74. The van der Waals surface area contributed by atoms with Gasteiger partial charge in [0.05, 0.1) is 11.1 Å². The third kappa shape index (κ3) is 4.08. The number of hydrogen-bond donors (Lipinski definition) is 0. The Hall–Kier alpha value is -3.48. The molecule has 7 nitrogen and oxygen atoms in total. The molecule has 1 fully saturated rings. The van der Waals surface area contributed by atoms with Gasteiger partial charge in [-0.3, -0.25) is 19.3 Å². The highest BCUT2D eigenvalue weighted by molar-refractivity contribution is 6.22. The fourth-order valence-corrected chi connectivity index (χ4v) is 4.11. The molecule has 2 aliphatic rings. The topological polar surface area (TPSA) is 84.0 Å². The summed E-state index contributed by atoms with van der Waals surface area (Å²) in [5.41, 5.74) is 1.30. The number of benzene rings is 2. The van der Waals surface area contributed by atoms with Crippen molar-refractivity contribution in [2.75, 3.05) is 13.1 Å². The van der Waals surface area contributed by atoms with E-state index in [1.807, 2.05) is 30.3 Å². The van der Waals surface area contributed by atoms with Crippen LogP contribution in [0.2, 0.25) is 0 Å². The molecule has 1 saturated heterocycles. The largest absolute Gasteiger partial charge is 0.451 e. The Labute approximate surface area is 180 Å². The van der Waals surface area contributed by atoms with E-state index in [0.29, 0.717) is 13.1 Å². The lowest BCUT2D eigenvalue weighted by molar-refractivity contribution is -0.161. The number of ether oxygens (including phenoxy) is 1. The first kappa shape index (κ1) is 20.8. The summed E-state index contributed by atoms with van der Waals surface area (Å²) in [6, 6.07) is 14.4. The van der Waals surface area contributed by atoms with Gasteiger partial charge in [0, 0.05) is 19.5 Å². The minimum Gasteiger partial charge on any atom is -0.451 e. The van der Waals surface area contributed by atoms with Gasteiger partial charge in [0.25, 0.3) is 17.7 Å². The molecule has 0 spiro atoms. The van der Waals surface area contributed by atoms with Crippen LogP contribution in [0.1, 0.15) is 46.0 Å². The zero-order valence-corrected chi connectivity index (χ0v) is 17.3. The van der Waals surface area contributed by atoms with Crippen LogP contribution in [-0.2, 0) is 20.7 Å². The SMILES string of the molecule is C[C@@H](OC(=O)[C@H](Cc1ccccc1)N1C(=O)c2ccccc2C1=O)C(=O)N1CCCC1. The van der Waals surface area contributed by atoms with Gasteiger partial charge < -0.3 is 9.64 Å². The highest BCUT2D eigenvalue weighted by Crippen LogP contribution is 2.27. The van der Waals surface area contributed by atoms with Crippen molar-refractivity contribution in [3.05, 3.63) is 71.3 Å². The predicted octanol–water partition coefficient (Wildman–Crippen LogP) is 2.45. The van der Waals surface area contributed by atoms with Gasteiger partial charge in [0.1, 0.15) is 6.04 Å². The maximum atomic E-state index is 13.2.